The number of nitrogens with one attached hydrogen (secondary N) is 2. The zero-order valence-electron chi connectivity index (χ0n) is 16.8. The molecule has 0 atom stereocenters. The van der Waals surface area contributed by atoms with Gasteiger partial charge in [0.25, 0.3) is 0 Å². The van der Waals surface area contributed by atoms with Gasteiger partial charge in [0.1, 0.15) is 5.75 Å². The molecule has 0 aromatic heterocycles. The van der Waals surface area contributed by atoms with Crippen LogP contribution in [0.3, 0.4) is 0 Å². The predicted molar refractivity (Wildman–Crippen MR) is 109 cm³/mol. The van der Waals surface area contributed by atoms with Gasteiger partial charge in [-0.25, -0.2) is 0 Å². The van der Waals surface area contributed by atoms with Crippen LogP contribution in [0.4, 0.5) is 0 Å². The molecule has 2 aliphatic heterocycles. The molecule has 2 aliphatic rings. The van der Waals surface area contributed by atoms with E-state index < -0.39 is 0 Å². The highest BCUT2D eigenvalue weighted by Crippen LogP contribution is 2.30. The van der Waals surface area contributed by atoms with Gasteiger partial charge in [0.15, 0.2) is 5.96 Å². The molecule has 2 N–H and O–H groups in total. The third-order valence-corrected chi connectivity index (χ3v) is 5.73. The van der Waals surface area contributed by atoms with Gasteiger partial charge in [-0.05, 0) is 51.8 Å². The number of aliphatic imine (C=N–C) groups is 1. The van der Waals surface area contributed by atoms with Gasteiger partial charge in [0.05, 0.1) is 6.61 Å². The van der Waals surface area contributed by atoms with Gasteiger partial charge in [-0.3, -0.25) is 9.89 Å². The maximum Gasteiger partial charge on any atom is 0.191 e. The molecule has 1 aromatic rings. The van der Waals surface area contributed by atoms with E-state index in [2.05, 4.69) is 26.6 Å². The average molecular weight is 375 g/mol. The molecule has 0 saturated carbocycles. The average Bonchev–Trinajstić information content (AvgIpc) is 3.26. The molecule has 0 radical (unpaired) electrons. The highest BCUT2D eigenvalue weighted by molar-refractivity contribution is 5.79. The zero-order valence-corrected chi connectivity index (χ0v) is 16.8. The SMILES string of the molecule is CCOc1ccccc1CNC(=NC)NCC1(N2CCCC2)CCOCC1. The first-order chi connectivity index (χ1) is 13.3. The molecule has 0 unspecified atom stereocenters. The molecule has 2 fully saturated rings. The van der Waals surface area contributed by atoms with E-state index in [9.17, 15) is 0 Å². The summed E-state index contributed by atoms with van der Waals surface area (Å²) in [6, 6.07) is 8.16. The van der Waals surface area contributed by atoms with Crippen molar-refractivity contribution >= 4 is 5.96 Å². The number of ether oxygens (including phenoxy) is 2. The molecule has 0 amide bonds. The molecule has 0 spiro atoms. The lowest BCUT2D eigenvalue weighted by Gasteiger charge is -2.45. The van der Waals surface area contributed by atoms with E-state index in [1.54, 1.807) is 0 Å². The molecule has 6 nitrogen and oxygen atoms in total. The Balaban J connectivity index is 1.58. The van der Waals surface area contributed by atoms with E-state index in [0.29, 0.717) is 13.2 Å². The summed E-state index contributed by atoms with van der Waals surface area (Å²) in [5, 5.41) is 7.02. The van der Waals surface area contributed by atoms with Crippen molar-refractivity contribution in [1.29, 1.82) is 0 Å². The first-order valence-electron chi connectivity index (χ1n) is 10.3. The summed E-state index contributed by atoms with van der Waals surface area (Å²) in [6.45, 7) is 8.39. The molecule has 2 saturated heterocycles. The van der Waals surface area contributed by atoms with Crippen molar-refractivity contribution in [3.8, 4) is 5.75 Å². The van der Waals surface area contributed by atoms with Crippen LogP contribution in [-0.4, -0.2) is 62.9 Å². The van der Waals surface area contributed by atoms with Gasteiger partial charge in [-0.2, -0.15) is 0 Å². The molecule has 0 aliphatic carbocycles. The summed E-state index contributed by atoms with van der Waals surface area (Å²) in [5.74, 6) is 1.77. The van der Waals surface area contributed by atoms with Gasteiger partial charge in [0, 0.05) is 44.5 Å². The Morgan fingerprint density at radius 1 is 1.19 bits per heavy atom. The highest BCUT2D eigenvalue weighted by atomic mass is 16.5. The standard InChI is InChI=1S/C21H34N4O2/c1-3-27-19-9-5-4-8-18(19)16-23-20(22-2)24-17-21(10-14-26-15-11-21)25-12-6-7-13-25/h4-5,8-9H,3,6-7,10-17H2,1-2H3,(H2,22,23,24). The fourth-order valence-electron chi connectivity index (χ4n) is 4.14. The third-order valence-electron chi connectivity index (χ3n) is 5.73. The van der Waals surface area contributed by atoms with Crippen LogP contribution >= 0.6 is 0 Å². The molecule has 2 heterocycles. The van der Waals surface area contributed by atoms with Crippen molar-refractivity contribution in [3.05, 3.63) is 29.8 Å². The Bertz CT molecular complexity index is 608. The summed E-state index contributed by atoms with van der Waals surface area (Å²) < 4.78 is 11.4. The summed E-state index contributed by atoms with van der Waals surface area (Å²) in [4.78, 5) is 7.09. The predicted octanol–water partition coefficient (Wildman–Crippen LogP) is 2.40. The molecule has 0 bridgehead atoms. The van der Waals surface area contributed by atoms with Crippen molar-refractivity contribution in [2.75, 3.05) is 46.5 Å². The maximum atomic E-state index is 5.72. The van der Waals surface area contributed by atoms with Crippen LogP contribution in [-0.2, 0) is 11.3 Å². The van der Waals surface area contributed by atoms with Crippen molar-refractivity contribution in [3.63, 3.8) is 0 Å². The topological polar surface area (TPSA) is 58.1 Å². The number of rotatable bonds is 7. The lowest BCUT2D eigenvalue weighted by Crippen LogP contribution is -2.58. The second kappa shape index (κ2) is 9.95. The van der Waals surface area contributed by atoms with E-state index in [4.69, 9.17) is 9.47 Å². The van der Waals surface area contributed by atoms with Crippen LogP contribution in [0.25, 0.3) is 0 Å². The summed E-state index contributed by atoms with van der Waals surface area (Å²) in [6.07, 6.45) is 4.79. The van der Waals surface area contributed by atoms with Gasteiger partial charge in [-0.15, -0.1) is 0 Å². The van der Waals surface area contributed by atoms with Crippen LogP contribution in [0.5, 0.6) is 5.75 Å². The fraction of sp³-hybridized carbons (Fsp3) is 0.667. The minimum atomic E-state index is 0.190. The summed E-state index contributed by atoms with van der Waals surface area (Å²) in [7, 11) is 1.83. The number of hydrogen-bond donors (Lipinski definition) is 2. The molecule has 27 heavy (non-hydrogen) atoms. The van der Waals surface area contributed by atoms with Gasteiger partial charge in [0.2, 0.25) is 0 Å². The van der Waals surface area contributed by atoms with Crippen molar-refractivity contribution < 1.29 is 9.47 Å². The highest BCUT2D eigenvalue weighted by Gasteiger charge is 2.39. The van der Waals surface area contributed by atoms with Crippen LogP contribution < -0.4 is 15.4 Å². The van der Waals surface area contributed by atoms with E-state index in [0.717, 1.165) is 49.9 Å². The smallest absolute Gasteiger partial charge is 0.191 e. The lowest BCUT2D eigenvalue weighted by atomic mass is 9.88. The number of guanidine groups is 1. The monoisotopic (exact) mass is 374 g/mol. The van der Waals surface area contributed by atoms with Gasteiger partial charge < -0.3 is 20.1 Å². The second-order valence-corrected chi connectivity index (χ2v) is 7.35. The van der Waals surface area contributed by atoms with Crippen LogP contribution in [0.1, 0.15) is 38.2 Å². The fourth-order valence-corrected chi connectivity index (χ4v) is 4.14. The first-order valence-corrected chi connectivity index (χ1v) is 10.3. The van der Waals surface area contributed by atoms with Crippen molar-refractivity contribution in [2.24, 2.45) is 4.99 Å². The normalized spacial score (nSPS) is 20.4. The van der Waals surface area contributed by atoms with Crippen LogP contribution in [0.15, 0.2) is 29.3 Å². The molecule has 6 heteroatoms. The Hall–Kier alpha value is -1.79. The number of likely N-dealkylation sites (tertiary alicyclic amines) is 1. The first kappa shape index (κ1) is 20.0. The molecular formula is C21H34N4O2. The van der Waals surface area contributed by atoms with Crippen molar-refractivity contribution in [2.45, 2.75) is 44.7 Å². The summed E-state index contributed by atoms with van der Waals surface area (Å²) >= 11 is 0. The molecule has 3 rings (SSSR count). The minimum Gasteiger partial charge on any atom is -0.494 e. The summed E-state index contributed by atoms with van der Waals surface area (Å²) in [5.41, 5.74) is 1.33. The van der Waals surface area contributed by atoms with Crippen molar-refractivity contribution in [1.82, 2.24) is 15.5 Å². The Kier molecular flexibility index (Phi) is 7.35. The number of hydrogen-bond acceptors (Lipinski definition) is 4. The van der Waals surface area contributed by atoms with E-state index in [1.165, 1.54) is 25.9 Å². The van der Waals surface area contributed by atoms with Crippen LogP contribution in [0.2, 0.25) is 0 Å². The van der Waals surface area contributed by atoms with E-state index >= 15 is 0 Å². The van der Waals surface area contributed by atoms with Crippen LogP contribution in [0, 0.1) is 0 Å². The Labute approximate surface area is 163 Å². The number of benzene rings is 1. The molecule has 1 aromatic carbocycles. The minimum absolute atomic E-state index is 0.190. The number of para-hydroxylation sites is 1. The lowest BCUT2D eigenvalue weighted by molar-refractivity contribution is -0.0164. The van der Waals surface area contributed by atoms with E-state index in [1.807, 2.05) is 32.2 Å². The second-order valence-electron chi connectivity index (χ2n) is 7.35. The number of nitrogens with zero attached hydrogens (tertiary/aromatic N) is 2. The molecule has 150 valence electrons. The Morgan fingerprint density at radius 3 is 2.63 bits per heavy atom. The third kappa shape index (κ3) is 5.14. The van der Waals surface area contributed by atoms with E-state index in [-0.39, 0.29) is 5.54 Å². The molecular weight excluding hydrogens is 340 g/mol. The maximum absolute atomic E-state index is 5.72. The largest absolute Gasteiger partial charge is 0.494 e. The zero-order chi connectivity index (χ0) is 19.0. The quantitative estimate of drug-likeness (QED) is 0.567. The Morgan fingerprint density at radius 2 is 1.93 bits per heavy atom. The van der Waals surface area contributed by atoms with Gasteiger partial charge >= 0.3 is 0 Å². The van der Waals surface area contributed by atoms with Gasteiger partial charge in [-0.1, -0.05) is 18.2 Å².